The van der Waals surface area contributed by atoms with Crippen molar-refractivity contribution in [3.63, 3.8) is 0 Å². The maximum Gasteiger partial charge on any atom is 0.119 e. The number of hydroxylamine groups is 2. The first-order valence-electron chi connectivity index (χ1n) is 3.18. The summed E-state index contributed by atoms with van der Waals surface area (Å²) in [5, 5.41) is 10.4. The third kappa shape index (κ3) is 1.38. The summed E-state index contributed by atoms with van der Waals surface area (Å²) in [5.74, 6) is 0. The van der Waals surface area contributed by atoms with Gasteiger partial charge in [0.1, 0.15) is 5.41 Å². The maximum atomic E-state index is 10.7. The lowest BCUT2D eigenvalue weighted by atomic mass is 10.2. The molecule has 1 unspecified atom stereocenters. The van der Waals surface area contributed by atoms with Crippen molar-refractivity contribution in [1.82, 2.24) is 5.06 Å². The first kappa shape index (κ1) is 6.92. The molecule has 52 valence electrons. The zero-order valence-electron chi connectivity index (χ0n) is 5.50. The summed E-state index contributed by atoms with van der Waals surface area (Å²) in [6.07, 6.45) is 1.80. The summed E-state index contributed by atoms with van der Waals surface area (Å²) >= 11 is 0. The first-order chi connectivity index (χ1) is 4.22. The van der Waals surface area contributed by atoms with Crippen molar-refractivity contribution < 1.29 is 10.0 Å². The van der Waals surface area contributed by atoms with Crippen LogP contribution in [0.3, 0.4) is 0 Å². The molecule has 0 aromatic heterocycles. The van der Waals surface area contributed by atoms with Gasteiger partial charge in [-0.15, -0.1) is 0 Å². The normalized spacial score (nSPS) is 29.2. The minimum atomic E-state index is -0.156. The van der Waals surface area contributed by atoms with Crippen LogP contribution in [0, 0.1) is 0 Å². The summed E-state index contributed by atoms with van der Waals surface area (Å²) in [6, 6.07) is -0.156. The van der Waals surface area contributed by atoms with Gasteiger partial charge in [0.05, 0.1) is 16.3 Å². The fourth-order valence-electron chi connectivity index (χ4n) is 1.16. The van der Waals surface area contributed by atoms with Gasteiger partial charge in [-0.3, -0.25) is 0 Å². The highest BCUT2D eigenvalue weighted by Gasteiger charge is 2.25. The molecule has 1 fully saturated rings. The summed E-state index contributed by atoms with van der Waals surface area (Å²) in [7, 11) is 0.559. The minimum Gasteiger partial charge on any atom is -0.313 e. The predicted octanol–water partition coefficient (Wildman–Crippen LogP) is -1.27. The summed E-state index contributed by atoms with van der Waals surface area (Å²) < 4.78 is 0. The van der Waals surface area contributed by atoms with E-state index in [1.165, 1.54) is 0 Å². The van der Waals surface area contributed by atoms with Gasteiger partial charge in [0.2, 0.25) is 0 Å². The Kier molecular flexibility index (Phi) is 2.00. The third-order valence-electron chi connectivity index (χ3n) is 1.69. The zero-order valence-corrected chi connectivity index (χ0v) is 7.50. The molecule has 0 aliphatic carbocycles. The number of carbonyl (C=O) groups is 1. The monoisotopic (exact) mass is 145 g/mol. The lowest BCUT2D eigenvalue weighted by Gasteiger charge is -2.13. The van der Waals surface area contributed by atoms with Crippen LogP contribution >= 0.6 is 0 Å². The Bertz CT molecular complexity index is 128. The van der Waals surface area contributed by atoms with Crippen LogP contribution < -0.4 is 0 Å². The van der Waals surface area contributed by atoms with Gasteiger partial charge < -0.3 is 10.0 Å². The van der Waals surface area contributed by atoms with E-state index in [-0.39, 0.29) is 11.4 Å². The second kappa shape index (κ2) is 2.59. The van der Waals surface area contributed by atoms with Crippen LogP contribution in [0.1, 0.15) is 12.8 Å². The Morgan fingerprint density at radius 2 is 2.44 bits per heavy atom. The van der Waals surface area contributed by atoms with E-state index in [0.29, 0.717) is 16.8 Å². The topological polar surface area (TPSA) is 40.5 Å². The van der Waals surface area contributed by atoms with Crippen LogP contribution in [0.5, 0.6) is 0 Å². The molecule has 0 amide bonds. The van der Waals surface area contributed by atoms with Crippen LogP contribution in [-0.4, -0.2) is 38.5 Å². The SMILES string of the molecule is O=C([SiH3])C1CCCN1O. The van der Waals surface area contributed by atoms with E-state index >= 15 is 0 Å². The smallest absolute Gasteiger partial charge is 0.119 e. The number of hydrogen-bond acceptors (Lipinski definition) is 3. The Hall–Kier alpha value is -0.193. The van der Waals surface area contributed by atoms with Gasteiger partial charge in [0, 0.05) is 6.54 Å². The second-order valence-electron chi connectivity index (χ2n) is 2.43. The Morgan fingerprint density at radius 1 is 1.78 bits per heavy atom. The Labute approximate surface area is 57.0 Å². The standard InChI is InChI=1S/C5H11NO2Si/c7-5(9)4-2-1-3-6(4)8/h4,8H,1-3H2,9H3. The van der Waals surface area contributed by atoms with E-state index in [2.05, 4.69) is 0 Å². The van der Waals surface area contributed by atoms with Crippen molar-refractivity contribution in [1.29, 1.82) is 0 Å². The van der Waals surface area contributed by atoms with Gasteiger partial charge in [-0.1, -0.05) is 0 Å². The van der Waals surface area contributed by atoms with Crippen molar-refractivity contribution in [3.05, 3.63) is 0 Å². The third-order valence-corrected chi connectivity index (χ3v) is 2.36. The maximum absolute atomic E-state index is 10.7. The number of rotatable bonds is 1. The lowest BCUT2D eigenvalue weighted by Crippen LogP contribution is -2.33. The highest BCUT2D eigenvalue weighted by molar-refractivity contribution is 6.59. The van der Waals surface area contributed by atoms with E-state index in [9.17, 15) is 4.79 Å². The van der Waals surface area contributed by atoms with Crippen molar-refractivity contribution in [2.45, 2.75) is 18.9 Å². The van der Waals surface area contributed by atoms with Gasteiger partial charge in [0.25, 0.3) is 0 Å². The van der Waals surface area contributed by atoms with Crippen LogP contribution in [0.15, 0.2) is 0 Å². The van der Waals surface area contributed by atoms with Crippen molar-refractivity contribution in [2.24, 2.45) is 0 Å². The molecule has 1 heterocycles. The van der Waals surface area contributed by atoms with E-state index in [1.807, 2.05) is 0 Å². The molecule has 1 atom stereocenters. The quantitative estimate of drug-likeness (QED) is 0.468. The number of nitrogens with zero attached hydrogens (tertiary/aromatic N) is 1. The molecule has 3 nitrogen and oxygen atoms in total. The molecular formula is C5H11NO2Si. The molecule has 1 saturated heterocycles. The predicted molar refractivity (Wildman–Crippen MR) is 36.5 cm³/mol. The molecule has 0 aromatic carbocycles. The van der Waals surface area contributed by atoms with E-state index < -0.39 is 0 Å². The summed E-state index contributed by atoms with van der Waals surface area (Å²) in [6.45, 7) is 0.665. The molecule has 0 bridgehead atoms. The average Bonchev–Trinajstić information content (AvgIpc) is 2.13. The van der Waals surface area contributed by atoms with E-state index in [4.69, 9.17) is 5.21 Å². The summed E-state index contributed by atoms with van der Waals surface area (Å²) in [5.41, 5.74) is 0. The van der Waals surface area contributed by atoms with Crippen LogP contribution in [0.25, 0.3) is 0 Å². The molecule has 1 rings (SSSR count). The molecule has 0 aromatic rings. The minimum absolute atomic E-state index is 0.156. The van der Waals surface area contributed by atoms with Gasteiger partial charge in [0.15, 0.2) is 0 Å². The van der Waals surface area contributed by atoms with Crippen molar-refractivity contribution in [3.8, 4) is 0 Å². The fourth-order valence-corrected chi connectivity index (χ4v) is 1.75. The van der Waals surface area contributed by atoms with Gasteiger partial charge >= 0.3 is 0 Å². The number of carbonyl (C=O) groups excluding carboxylic acids is 1. The molecule has 9 heavy (non-hydrogen) atoms. The van der Waals surface area contributed by atoms with Crippen molar-refractivity contribution in [2.75, 3.05) is 6.54 Å². The first-order valence-corrected chi connectivity index (χ1v) is 4.18. The number of hydrogen-bond donors (Lipinski definition) is 1. The largest absolute Gasteiger partial charge is 0.313 e. The van der Waals surface area contributed by atoms with E-state index in [1.54, 1.807) is 0 Å². The molecule has 0 saturated carbocycles. The second-order valence-corrected chi connectivity index (χ2v) is 3.42. The van der Waals surface area contributed by atoms with Crippen LogP contribution in [-0.2, 0) is 4.79 Å². The van der Waals surface area contributed by atoms with Gasteiger partial charge in [-0.25, -0.2) is 0 Å². The molecule has 1 N–H and O–H groups in total. The highest BCUT2D eigenvalue weighted by atomic mass is 28.1. The van der Waals surface area contributed by atoms with Crippen LogP contribution in [0.2, 0.25) is 0 Å². The van der Waals surface area contributed by atoms with E-state index in [0.717, 1.165) is 17.9 Å². The molecule has 1 aliphatic heterocycles. The Balaban J connectivity index is 2.49. The van der Waals surface area contributed by atoms with Gasteiger partial charge in [-0.05, 0) is 12.8 Å². The zero-order chi connectivity index (χ0) is 6.85. The molecule has 0 spiro atoms. The Morgan fingerprint density at radius 3 is 2.67 bits per heavy atom. The average molecular weight is 145 g/mol. The molecule has 4 heteroatoms. The highest BCUT2D eigenvalue weighted by Crippen LogP contribution is 2.13. The molecule has 0 radical (unpaired) electrons. The summed E-state index contributed by atoms with van der Waals surface area (Å²) in [4.78, 5) is 10.7. The molecular weight excluding hydrogens is 134 g/mol. The van der Waals surface area contributed by atoms with Gasteiger partial charge in [-0.2, -0.15) is 5.06 Å². The fraction of sp³-hybridized carbons (Fsp3) is 0.800. The van der Waals surface area contributed by atoms with Crippen LogP contribution in [0.4, 0.5) is 0 Å². The van der Waals surface area contributed by atoms with Crippen molar-refractivity contribution >= 4 is 15.6 Å². The lowest BCUT2D eigenvalue weighted by molar-refractivity contribution is -0.136. The molecule has 1 aliphatic rings.